The van der Waals surface area contributed by atoms with Crippen LogP contribution in [-0.4, -0.2) is 12.6 Å². The number of hydrogen-bond acceptors (Lipinski definition) is 6. The molecule has 0 fully saturated rings. The molecule has 0 atom stereocenters. The number of rotatable bonds is 5. The molecule has 0 spiro atoms. The maximum atomic E-state index is 11.9. The smallest absolute Gasteiger partial charge is 0.361 e. The second-order valence-corrected chi connectivity index (χ2v) is 7.74. The number of benzene rings is 3. The molecular weight excluding hydrogens is 460 g/mol. The van der Waals surface area contributed by atoms with Crippen LogP contribution in [0.4, 0.5) is 0 Å². The predicted molar refractivity (Wildman–Crippen MR) is 115 cm³/mol. The SMILES string of the molecule is CCOC(=O)c1ccc(-c2cc(-c3ccccc3)[o+]c(-c3ccccc3)c2)cc1.[O-][Cl+3]([O-])([O-])[O-]. The number of carbonyl (C=O) groups is 1. The second kappa shape index (κ2) is 11.5. The van der Waals surface area contributed by atoms with Gasteiger partial charge in [0, 0.05) is 5.56 Å². The Bertz CT molecular complexity index is 1140. The molecule has 174 valence electrons. The Balaban J connectivity index is 0.000000588. The maximum absolute atomic E-state index is 11.9. The molecule has 0 aliphatic rings. The molecule has 1 aromatic heterocycles. The summed E-state index contributed by atoms with van der Waals surface area (Å²) in [6, 6.07) is 31.6. The molecule has 0 radical (unpaired) electrons. The van der Waals surface area contributed by atoms with Crippen molar-refractivity contribution in [3.63, 3.8) is 0 Å². The van der Waals surface area contributed by atoms with E-state index in [0.29, 0.717) is 12.2 Å². The first-order valence-electron chi connectivity index (χ1n) is 10.2. The van der Waals surface area contributed by atoms with Gasteiger partial charge < -0.3 is 4.74 Å². The third-order valence-electron chi connectivity index (χ3n) is 4.64. The highest BCUT2D eigenvalue weighted by atomic mass is 35.7. The lowest BCUT2D eigenvalue weighted by molar-refractivity contribution is -2.00. The quantitative estimate of drug-likeness (QED) is 0.315. The average Bonchev–Trinajstić information content (AvgIpc) is 2.84. The van der Waals surface area contributed by atoms with E-state index in [1.54, 1.807) is 19.1 Å². The summed E-state index contributed by atoms with van der Waals surface area (Å²) in [4.78, 5) is 11.9. The standard InChI is InChI=1S/C26H21O3.ClHO4/c1-2-28-26(27)22-15-13-19(14-16-22)23-17-24(20-9-5-3-6-10-20)29-25(18-23)21-11-7-4-8-12-21;2-1(3,4)5/h3-18H,2H2,1H3;(H,2,3,4,5)/q+1;/p-1. The summed E-state index contributed by atoms with van der Waals surface area (Å²) < 4.78 is 45.3. The van der Waals surface area contributed by atoms with E-state index in [0.717, 1.165) is 33.8 Å². The van der Waals surface area contributed by atoms with Crippen LogP contribution in [0.2, 0.25) is 0 Å². The van der Waals surface area contributed by atoms with Gasteiger partial charge in [-0.15, -0.1) is 10.2 Å². The van der Waals surface area contributed by atoms with E-state index in [1.807, 2.05) is 84.9 Å². The van der Waals surface area contributed by atoms with Crippen molar-refractivity contribution in [2.24, 2.45) is 0 Å². The van der Waals surface area contributed by atoms with Crippen LogP contribution < -0.4 is 18.6 Å². The van der Waals surface area contributed by atoms with Crippen LogP contribution >= 0.6 is 0 Å². The van der Waals surface area contributed by atoms with Crippen LogP contribution in [0, 0.1) is 10.2 Å². The maximum Gasteiger partial charge on any atom is 0.361 e. The molecule has 0 N–H and O–H groups in total. The number of halogens is 1. The Labute approximate surface area is 198 Å². The van der Waals surface area contributed by atoms with Crippen molar-refractivity contribution in [2.45, 2.75) is 6.92 Å². The van der Waals surface area contributed by atoms with E-state index >= 15 is 0 Å². The second-order valence-electron chi connectivity index (χ2n) is 6.98. The summed E-state index contributed by atoms with van der Waals surface area (Å²) in [6.07, 6.45) is 0. The topological polar surface area (TPSA) is 130 Å². The van der Waals surface area contributed by atoms with Gasteiger partial charge in [-0.3, -0.25) is 0 Å². The minimum absolute atomic E-state index is 0.308. The molecule has 0 saturated heterocycles. The van der Waals surface area contributed by atoms with Crippen LogP contribution in [0.5, 0.6) is 0 Å². The lowest BCUT2D eigenvalue weighted by Gasteiger charge is -2.17. The van der Waals surface area contributed by atoms with Crippen molar-refractivity contribution in [3.05, 3.63) is 103 Å². The first kappa shape index (κ1) is 25.0. The van der Waals surface area contributed by atoms with E-state index in [1.165, 1.54) is 0 Å². The summed E-state index contributed by atoms with van der Waals surface area (Å²) in [6.45, 7) is 2.16. The van der Waals surface area contributed by atoms with Crippen molar-refractivity contribution >= 4 is 5.97 Å². The van der Waals surface area contributed by atoms with E-state index in [-0.39, 0.29) is 5.97 Å². The fourth-order valence-corrected chi connectivity index (χ4v) is 3.17. The van der Waals surface area contributed by atoms with Crippen molar-refractivity contribution in [2.75, 3.05) is 6.61 Å². The summed E-state index contributed by atoms with van der Waals surface area (Å²) in [5.41, 5.74) is 4.58. The molecule has 0 bridgehead atoms. The lowest BCUT2D eigenvalue weighted by Crippen LogP contribution is -2.68. The Hall–Kier alpha value is -3.59. The van der Waals surface area contributed by atoms with Crippen molar-refractivity contribution < 1.29 is 42.8 Å². The predicted octanol–water partition coefficient (Wildman–Crippen LogP) is 1.98. The highest BCUT2D eigenvalue weighted by Gasteiger charge is 2.20. The van der Waals surface area contributed by atoms with Gasteiger partial charge in [-0.1, -0.05) is 48.5 Å². The van der Waals surface area contributed by atoms with E-state index in [4.69, 9.17) is 27.8 Å². The minimum atomic E-state index is -4.94. The molecule has 0 saturated carbocycles. The molecule has 0 aliphatic heterocycles. The van der Waals surface area contributed by atoms with Crippen LogP contribution in [0.15, 0.2) is 101 Å². The van der Waals surface area contributed by atoms with E-state index in [2.05, 4.69) is 0 Å². The molecule has 0 amide bonds. The molecule has 0 aliphatic carbocycles. The van der Waals surface area contributed by atoms with Gasteiger partial charge in [0.1, 0.15) is 0 Å². The monoisotopic (exact) mass is 480 g/mol. The molecule has 1 heterocycles. The van der Waals surface area contributed by atoms with Crippen molar-refractivity contribution in [1.82, 2.24) is 0 Å². The first-order valence-corrected chi connectivity index (χ1v) is 11.5. The highest BCUT2D eigenvalue weighted by Crippen LogP contribution is 2.33. The van der Waals surface area contributed by atoms with Gasteiger partial charge in [-0.2, -0.15) is 0 Å². The molecule has 3 aromatic carbocycles. The fourth-order valence-electron chi connectivity index (χ4n) is 3.17. The van der Waals surface area contributed by atoms with E-state index < -0.39 is 10.2 Å². The molecule has 0 unspecified atom stereocenters. The molecule has 8 heteroatoms. The zero-order valence-corrected chi connectivity index (χ0v) is 18.9. The normalized spacial score (nSPS) is 10.7. The van der Waals surface area contributed by atoms with Gasteiger partial charge >= 0.3 is 17.5 Å². The van der Waals surface area contributed by atoms with Gasteiger partial charge in [0.05, 0.1) is 35.4 Å². The fraction of sp³-hybridized carbons (Fsp3) is 0.0769. The molecule has 4 rings (SSSR count). The minimum Gasteiger partial charge on any atom is -0.462 e. The van der Waals surface area contributed by atoms with Gasteiger partial charge in [0.25, 0.3) is 0 Å². The Kier molecular flexibility index (Phi) is 8.48. The Morgan fingerprint density at radius 1 is 0.706 bits per heavy atom. The summed E-state index contributed by atoms with van der Waals surface area (Å²) in [5.74, 6) is 1.27. The average molecular weight is 481 g/mol. The zero-order valence-electron chi connectivity index (χ0n) is 18.2. The number of ether oxygens (including phenoxy) is 1. The van der Waals surface area contributed by atoms with Crippen molar-refractivity contribution in [3.8, 4) is 33.8 Å². The number of hydrogen-bond donors (Lipinski definition) is 0. The van der Waals surface area contributed by atoms with Gasteiger partial charge in [0.15, 0.2) is 0 Å². The Morgan fingerprint density at radius 2 is 1.15 bits per heavy atom. The molecule has 4 aromatic rings. The van der Waals surface area contributed by atoms with Gasteiger partial charge in [-0.05, 0) is 48.9 Å². The third-order valence-corrected chi connectivity index (χ3v) is 4.64. The van der Waals surface area contributed by atoms with Crippen LogP contribution in [-0.2, 0) is 4.74 Å². The summed E-state index contributed by atoms with van der Waals surface area (Å²) in [5, 5.41) is 0. The first-order chi connectivity index (χ1) is 16.2. The summed E-state index contributed by atoms with van der Waals surface area (Å²) >= 11 is 0. The third kappa shape index (κ3) is 7.48. The highest BCUT2D eigenvalue weighted by molar-refractivity contribution is 5.90. The Morgan fingerprint density at radius 3 is 1.56 bits per heavy atom. The van der Waals surface area contributed by atoms with Crippen molar-refractivity contribution in [1.29, 1.82) is 0 Å². The summed E-state index contributed by atoms with van der Waals surface area (Å²) in [7, 11) is -4.94. The van der Waals surface area contributed by atoms with Crippen LogP contribution in [0.25, 0.3) is 33.8 Å². The largest absolute Gasteiger partial charge is 0.462 e. The molecule has 34 heavy (non-hydrogen) atoms. The number of esters is 1. The van der Waals surface area contributed by atoms with Gasteiger partial charge in [0.2, 0.25) is 0 Å². The van der Waals surface area contributed by atoms with Gasteiger partial charge in [-0.25, -0.2) is 27.8 Å². The van der Waals surface area contributed by atoms with Crippen LogP contribution in [0.1, 0.15) is 17.3 Å². The molecule has 7 nitrogen and oxygen atoms in total. The lowest BCUT2D eigenvalue weighted by atomic mass is 10.0. The molecular formula is C26H21ClO7. The number of carbonyl (C=O) groups excluding carboxylic acids is 1. The van der Waals surface area contributed by atoms with E-state index in [9.17, 15) is 4.79 Å². The zero-order chi connectivity index (χ0) is 24.6. The van der Waals surface area contributed by atoms with Crippen LogP contribution in [0.3, 0.4) is 0 Å².